The van der Waals surface area contributed by atoms with Crippen LogP contribution in [0.4, 0.5) is 39.5 Å². The van der Waals surface area contributed by atoms with Crippen LogP contribution in [0.25, 0.3) is 0 Å². The lowest BCUT2D eigenvalue weighted by molar-refractivity contribution is -0.193. The van der Waals surface area contributed by atoms with Crippen LogP contribution < -0.4 is 0 Å². The minimum atomic E-state index is -5.08. The number of carboxylic acid groups (broad SMARTS) is 3. The molecule has 0 unspecified atom stereocenters. The van der Waals surface area contributed by atoms with Gasteiger partial charge in [-0.1, -0.05) is 6.07 Å². The highest BCUT2D eigenvalue weighted by molar-refractivity contribution is 5.73. The first-order chi connectivity index (χ1) is 20.6. The van der Waals surface area contributed by atoms with Gasteiger partial charge in [-0.2, -0.15) is 39.5 Å². The standard InChI is InChI=1S/C19H25N3O2.3C2HF3O2/c1-15-3-2-4-18(20-15)12-22-11-17-10-21(6-8-24-19(17)13-22)9-16-5-7-23-14-16;3*3-2(4,5)1(6)7/h2-5,7,14,17,19H,6,8-13H2,1H3;3*(H,6,7)/t17-,19+;;;/m0.../s1. The summed E-state index contributed by atoms with van der Waals surface area (Å²) in [5, 5.41) is 21.4. The van der Waals surface area contributed by atoms with Gasteiger partial charge in [-0.05, 0) is 25.1 Å². The third-order valence-electron chi connectivity index (χ3n) is 5.73. The molecular formula is C25H28F9N3O8. The minimum Gasteiger partial charge on any atom is -0.475 e. The summed E-state index contributed by atoms with van der Waals surface area (Å²) >= 11 is 0. The first kappa shape index (κ1) is 39.1. The number of aliphatic carboxylic acids is 3. The van der Waals surface area contributed by atoms with Crippen LogP contribution in [-0.4, -0.2) is 105 Å². The minimum absolute atomic E-state index is 0.351. The van der Waals surface area contributed by atoms with E-state index in [0.717, 1.165) is 57.3 Å². The van der Waals surface area contributed by atoms with Crippen molar-refractivity contribution in [2.45, 2.75) is 44.6 Å². The van der Waals surface area contributed by atoms with Crippen LogP contribution >= 0.6 is 0 Å². The molecule has 2 aliphatic heterocycles. The van der Waals surface area contributed by atoms with Crippen molar-refractivity contribution in [2.24, 2.45) is 5.92 Å². The van der Waals surface area contributed by atoms with Crippen molar-refractivity contribution in [3.8, 4) is 0 Å². The normalized spacial score (nSPS) is 18.9. The second kappa shape index (κ2) is 17.0. The molecule has 2 aromatic rings. The Kier molecular flexibility index (Phi) is 14.7. The smallest absolute Gasteiger partial charge is 0.475 e. The largest absolute Gasteiger partial charge is 0.490 e. The number of fused-ring (bicyclic) bond motifs is 1. The molecule has 2 fully saturated rings. The second-order valence-corrected chi connectivity index (χ2v) is 9.41. The predicted molar refractivity (Wildman–Crippen MR) is 133 cm³/mol. The van der Waals surface area contributed by atoms with E-state index in [1.54, 1.807) is 6.26 Å². The summed E-state index contributed by atoms with van der Waals surface area (Å²) in [6.45, 7) is 8.92. The maximum absolute atomic E-state index is 10.6. The topological polar surface area (TPSA) is 154 Å². The van der Waals surface area contributed by atoms with E-state index < -0.39 is 36.4 Å². The Hall–Kier alpha value is -3.91. The molecule has 2 saturated heterocycles. The highest BCUT2D eigenvalue weighted by Crippen LogP contribution is 2.25. The van der Waals surface area contributed by atoms with E-state index in [1.807, 2.05) is 25.3 Å². The average Bonchev–Trinajstić information content (AvgIpc) is 3.49. The Balaban J connectivity index is 0.000000396. The van der Waals surface area contributed by atoms with Gasteiger partial charge in [0.1, 0.15) is 0 Å². The molecule has 0 amide bonds. The van der Waals surface area contributed by atoms with E-state index in [2.05, 4.69) is 26.9 Å². The van der Waals surface area contributed by atoms with Crippen molar-refractivity contribution in [2.75, 3.05) is 32.8 Å². The number of rotatable bonds is 4. The molecular weight excluding hydrogens is 641 g/mol. The second-order valence-electron chi connectivity index (χ2n) is 9.41. The number of nitrogens with zero attached hydrogens (tertiary/aromatic N) is 3. The Morgan fingerprint density at radius 1 is 0.822 bits per heavy atom. The quantitative estimate of drug-likeness (QED) is 0.401. The van der Waals surface area contributed by atoms with E-state index in [1.165, 1.54) is 5.56 Å². The molecule has 0 aromatic carbocycles. The third kappa shape index (κ3) is 15.6. The van der Waals surface area contributed by atoms with Crippen LogP contribution in [0, 0.1) is 12.8 Å². The Morgan fingerprint density at radius 3 is 1.78 bits per heavy atom. The van der Waals surface area contributed by atoms with Crippen molar-refractivity contribution >= 4 is 17.9 Å². The Labute approximate surface area is 248 Å². The molecule has 45 heavy (non-hydrogen) atoms. The molecule has 4 rings (SSSR count). The summed E-state index contributed by atoms with van der Waals surface area (Å²) in [7, 11) is 0. The number of aromatic nitrogens is 1. The van der Waals surface area contributed by atoms with Gasteiger partial charge < -0.3 is 24.5 Å². The zero-order valence-electron chi connectivity index (χ0n) is 23.2. The first-order valence-electron chi connectivity index (χ1n) is 12.5. The van der Waals surface area contributed by atoms with Crippen LogP contribution in [0.1, 0.15) is 17.0 Å². The summed E-state index contributed by atoms with van der Waals surface area (Å²) in [5.74, 6) is -7.70. The summed E-state index contributed by atoms with van der Waals surface area (Å²) in [6, 6.07) is 8.31. The number of furan rings is 1. The fourth-order valence-electron chi connectivity index (χ4n) is 3.88. The zero-order chi connectivity index (χ0) is 34.6. The van der Waals surface area contributed by atoms with E-state index in [9.17, 15) is 39.5 Å². The molecule has 0 saturated carbocycles. The first-order valence-corrected chi connectivity index (χ1v) is 12.5. The van der Waals surface area contributed by atoms with Crippen LogP contribution in [0.2, 0.25) is 0 Å². The van der Waals surface area contributed by atoms with E-state index >= 15 is 0 Å². The van der Waals surface area contributed by atoms with Gasteiger partial charge in [0.05, 0.1) is 30.9 Å². The van der Waals surface area contributed by atoms with E-state index in [4.69, 9.17) is 38.9 Å². The van der Waals surface area contributed by atoms with Crippen LogP contribution in [0.5, 0.6) is 0 Å². The molecule has 0 bridgehead atoms. The number of alkyl halides is 9. The number of ether oxygens (including phenoxy) is 1. The van der Waals surface area contributed by atoms with Gasteiger partial charge in [0.2, 0.25) is 0 Å². The number of aryl methyl sites for hydroxylation is 1. The maximum Gasteiger partial charge on any atom is 0.490 e. The predicted octanol–water partition coefficient (Wildman–Crippen LogP) is 4.22. The third-order valence-corrected chi connectivity index (χ3v) is 5.73. The lowest BCUT2D eigenvalue weighted by Crippen LogP contribution is -2.32. The SMILES string of the molecule is Cc1cccc(CN2C[C@@H]3CN(Cc4ccoc4)CCO[C@@H]3C2)n1.O=C(O)C(F)(F)F.O=C(O)C(F)(F)F.O=C(O)C(F)(F)F. The molecule has 254 valence electrons. The van der Waals surface area contributed by atoms with Gasteiger partial charge in [0, 0.05) is 56.4 Å². The summed E-state index contributed by atoms with van der Waals surface area (Å²) < 4.78 is 107. The maximum atomic E-state index is 10.6. The van der Waals surface area contributed by atoms with Crippen LogP contribution in [0.3, 0.4) is 0 Å². The van der Waals surface area contributed by atoms with Gasteiger partial charge >= 0.3 is 36.4 Å². The highest BCUT2D eigenvalue weighted by atomic mass is 19.4. The van der Waals surface area contributed by atoms with Crippen molar-refractivity contribution < 1.29 is 78.4 Å². The Bertz CT molecular complexity index is 1160. The molecule has 2 aromatic heterocycles. The lowest BCUT2D eigenvalue weighted by atomic mass is 10.1. The summed E-state index contributed by atoms with van der Waals surface area (Å²) in [6.07, 6.45) is -11.3. The molecule has 3 N–H and O–H groups in total. The highest BCUT2D eigenvalue weighted by Gasteiger charge is 2.40. The number of halogens is 9. The summed E-state index contributed by atoms with van der Waals surface area (Å²) in [5.41, 5.74) is 3.48. The number of carbonyl (C=O) groups is 3. The van der Waals surface area contributed by atoms with E-state index in [0.29, 0.717) is 12.0 Å². The van der Waals surface area contributed by atoms with Gasteiger partial charge in [-0.15, -0.1) is 0 Å². The zero-order valence-corrected chi connectivity index (χ0v) is 23.2. The molecule has 11 nitrogen and oxygen atoms in total. The monoisotopic (exact) mass is 669 g/mol. The number of pyridine rings is 1. The number of carboxylic acids is 3. The molecule has 2 aliphatic rings. The molecule has 20 heteroatoms. The molecule has 0 aliphatic carbocycles. The molecule has 4 heterocycles. The van der Waals surface area contributed by atoms with Crippen molar-refractivity contribution in [1.29, 1.82) is 0 Å². The van der Waals surface area contributed by atoms with Gasteiger partial charge in [-0.25, -0.2) is 14.4 Å². The summed E-state index contributed by atoms with van der Waals surface area (Å²) in [4.78, 5) is 36.3. The average molecular weight is 669 g/mol. The fraction of sp³-hybridized carbons (Fsp3) is 0.520. The fourth-order valence-corrected chi connectivity index (χ4v) is 3.88. The van der Waals surface area contributed by atoms with Gasteiger partial charge in [0.15, 0.2) is 0 Å². The van der Waals surface area contributed by atoms with Crippen LogP contribution in [-0.2, 0) is 32.2 Å². The van der Waals surface area contributed by atoms with Crippen LogP contribution in [0.15, 0.2) is 41.2 Å². The van der Waals surface area contributed by atoms with Crippen molar-refractivity contribution in [3.05, 3.63) is 53.7 Å². The molecule has 0 radical (unpaired) electrons. The molecule has 0 spiro atoms. The van der Waals surface area contributed by atoms with Gasteiger partial charge in [0.25, 0.3) is 0 Å². The number of hydrogen-bond acceptors (Lipinski definition) is 8. The molecule has 2 atom stereocenters. The van der Waals surface area contributed by atoms with Gasteiger partial charge in [-0.3, -0.25) is 14.8 Å². The van der Waals surface area contributed by atoms with E-state index in [-0.39, 0.29) is 0 Å². The number of hydrogen-bond donors (Lipinski definition) is 3. The van der Waals surface area contributed by atoms with Crippen molar-refractivity contribution in [1.82, 2.24) is 14.8 Å². The number of likely N-dealkylation sites (tertiary alicyclic amines) is 1. The van der Waals surface area contributed by atoms with Crippen molar-refractivity contribution in [3.63, 3.8) is 0 Å². The lowest BCUT2D eigenvalue weighted by Gasteiger charge is -2.22. The Morgan fingerprint density at radius 2 is 1.33 bits per heavy atom.